The lowest BCUT2D eigenvalue weighted by Gasteiger charge is -2.03. The lowest BCUT2D eigenvalue weighted by Crippen LogP contribution is -2.25. The molecule has 0 spiro atoms. The highest BCUT2D eigenvalue weighted by atomic mass is 32.3. The lowest BCUT2D eigenvalue weighted by molar-refractivity contribution is -0.671. The van der Waals surface area contributed by atoms with Crippen LogP contribution in [0.5, 0.6) is 0 Å². The average molecular weight is 389 g/mol. The summed E-state index contributed by atoms with van der Waals surface area (Å²) in [5.41, 5.74) is 1.30. The molecular formula is C14H14NS6+. The largest absolute Gasteiger partial charge is 0.208 e. The molecule has 110 valence electrons. The van der Waals surface area contributed by atoms with Crippen molar-refractivity contribution in [3.05, 3.63) is 52.4 Å². The van der Waals surface area contributed by atoms with Gasteiger partial charge in [0.2, 0.25) is 0 Å². The Morgan fingerprint density at radius 2 is 1.52 bits per heavy atom. The van der Waals surface area contributed by atoms with E-state index in [0.717, 1.165) is 0 Å². The molecule has 0 aliphatic carbocycles. The maximum atomic E-state index is 2.28. The van der Waals surface area contributed by atoms with Gasteiger partial charge in [0.1, 0.15) is 7.05 Å². The van der Waals surface area contributed by atoms with Crippen LogP contribution in [0, 0.1) is 0 Å². The third-order valence-electron chi connectivity index (χ3n) is 2.81. The van der Waals surface area contributed by atoms with E-state index in [4.69, 9.17) is 0 Å². The number of aromatic nitrogens is 1. The number of hydrogen-bond donors (Lipinski definition) is 0. The fraction of sp³-hybridized carbons (Fsp3) is 0.214. The van der Waals surface area contributed by atoms with E-state index < -0.39 is 0 Å². The van der Waals surface area contributed by atoms with Crippen LogP contribution in [-0.4, -0.2) is 12.5 Å². The smallest absolute Gasteiger partial charge is 0.169 e. The third kappa shape index (κ3) is 3.70. The average Bonchev–Trinajstić information content (AvgIpc) is 3.14. The molecule has 1 aromatic heterocycles. The highest BCUT2D eigenvalue weighted by Gasteiger charge is 2.26. The number of thioether (sulfide) groups is 6. The van der Waals surface area contributed by atoms with Crippen molar-refractivity contribution >= 4 is 75.5 Å². The van der Waals surface area contributed by atoms with Crippen molar-refractivity contribution in [3.8, 4) is 0 Å². The van der Waals surface area contributed by atoms with E-state index in [9.17, 15) is 0 Å². The predicted molar refractivity (Wildman–Crippen MR) is 107 cm³/mol. The molecule has 0 atom stereocenters. The Kier molecular flexibility index (Phi) is 5.72. The molecule has 7 heteroatoms. The van der Waals surface area contributed by atoms with Gasteiger partial charge in [-0.3, -0.25) is 0 Å². The van der Waals surface area contributed by atoms with Gasteiger partial charge in [-0.15, -0.1) is 23.5 Å². The second-order valence-electron chi connectivity index (χ2n) is 4.22. The summed E-state index contributed by atoms with van der Waals surface area (Å²) in [6.07, 6.45) is 8.53. The van der Waals surface area contributed by atoms with Gasteiger partial charge in [-0.05, 0) is 17.9 Å². The van der Waals surface area contributed by atoms with Crippen LogP contribution in [0.15, 0.2) is 46.9 Å². The van der Waals surface area contributed by atoms with Crippen molar-refractivity contribution in [2.75, 3.05) is 12.5 Å². The molecule has 0 radical (unpaired) electrons. The Bertz CT molecular complexity index is 626. The topological polar surface area (TPSA) is 3.88 Å². The van der Waals surface area contributed by atoms with Crippen LogP contribution in [0.2, 0.25) is 0 Å². The zero-order valence-corrected chi connectivity index (χ0v) is 16.7. The highest BCUT2D eigenvalue weighted by molar-refractivity contribution is 8.42. The molecule has 0 fully saturated rings. The summed E-state index contributed by atoms with van der Waals surface area (Å²) in [5.74, 6) is 0. The van der Waals surface area contributed by atoms with E-state index in [1.807, 2.05) is 77.6 Å². The van der Waals surface area contributed by atoms with E-state index >= 15 is 0 Å². The molecule has 0 bridgehead atoms. The monoisotopic (exact) mass is 388 g/mol. The summed E-state index contributed by atoms with van der Waals surface area (Å²) >= 11 is 11.3. The minimum Gasteiger partial charge on any atom is -0.208 e. The quantitative estimate of drug-likeness (QED) is 0.603. The first kappa shape index (κ1) is 16.3. The Balaban J connectivity index is 1.75. The van der Waals surface area contributed by atoms with Gasteiger partial charge < -0.3 is 0 Å². The Morgan fingerprint density at radius 3 is 2.10 bits per heavy atom. The molecule has 21 heavy (non-hydrogen) atoms. The summed E-state index contributed by atoms with van der Waals surface area (Å²) in [5, 5.41) is 2.28. The summed E-state index contributed by atoms with van der Waals surface area (Å²) in [6.45, 7) is 0. The number of nitrogens with zero attached hydrogens (tertiary/aromatic N) is 1. The summed E-state index contributed by atoms with van der Waals surface area (Å²) < 4.78 is 7.81. The van der Waals surface area contributed by atoms with Crippen molar-refractivity contribution in [2.24, 2.45) is 7.05 Å². The van der Waals surface area contributed by atoms with Crippen LogP contribution in [0.25, 0.3) is 4.91 Å². The summed E-state index contributed by atoms with van der Waals surface area (Å²) in [7, 11) is 2.05. The Morgan fingerprint density at radius 1 is 0.905 bits per heavy atom. The van der Waals surface area contributed by atoms with E-state index in [1.165, 1.54) is 27.4 Å². The number of pyridine rings is 1. The van der Waals surface area contributed by atoms with Gasteiger partial charge in [0.25, 0.3) is 0 Å². The van der Waals surface area contributed by atoms with Gasteiger partial charge in [0.05, 0.1) is 16.9 Å². The van der Waals surface area contributed by atoms with E-state index in [1.54, 1.807) is 0 Å². The van der Waals surface area contributed by atoms with Crippen LogP contribution in [0.4, 0.5) is 0 Å². The molecule has 0 saturated heterocycles. The van der Waals surface area contributed by atoms with Gasteiger partial charge in [-0.25, -0.2) is 4.57 Å². The molecule has 0 saturated carbocycles. The normalized spacial score (nSPS) is 18.7. The van der Waals surface area contributed by atoms with Gasteiger partial charge in [0.15, 0.2) is 12.4 Å². The molecule has 2 aliphatic rings. The minimum absolute atomic E-state index is 1.30. The summed E-state index contributed by atoms with van der Waals surface area (Å²) in [4.78, 5) is 1.35. The van der Waals surface area contributed by atoms with Crippen molar-refractivity contribution < 1.29 is 4.57 Å². The molecule has 1 aromatic rings. The third-order valence-corrected chi connectivity index (χ3v) is 11.0. The molecule has 2 aliphatic heterocycles. The molecule has 0 unspecified atom stereocenters. The van der Waals surface area contributed by atoms with E-state index in [-0.39, 0.29) is 0 Å². The zero-order chi connectivity index (χ0) is 14.8. The molecule has 0 aromatic carbocycles. The lowest BCUT2D eigenvalue weighted by atomic mass is 10.3. The predicted octanol–water partition coefficient (Wildman–Crippen LogP) is 5.75. The summed E-state index contributed by atoms with van der Waals surface area (Å²) in [6, 6.07) is 4.36. The van der Waals surface area contributed by atoms with Crippen LogP contribution in [-0.2, 0) is 7.05 Å². The number of aryl methyl sites for hydroxylation is 1. The first-order valence-corrected chi connectivity index (χ1v) is 11.9. The van der Waals surface area contributed by atoms with Crippen molar-refractivity contribution in [2.45, 2.75) is 0 Å². The number of rotatable bonds is 3. The molecule has 0 amide bonds. The van der Waals surface area contributed by atoms with E-state index in [2.05, 4.69) is 47.0 Å². The van der Waals surface area contributed by atoms with Crippen molar-refractivity contribution in [1.82, 2.24) is 0 Å². The Labute approximate surface area is 151 Å². The Hall–Kier alpha value is 0.470. The zero-order valence-electron chi connectivity index (χ0n) is 11.8. The van der Waals surface area contributed by atoms with Crippen molar-refractivity contribution in [1.29, 1.82) is 0 Å². The molecule has 3 heterocycles. The second-order valence-corrected chi connectivity index (χ2v) is 10.9. The standard InChI is InChI=1S/C14H14NS6/c1-15-6-4-9(5-7-15)10-8-18-13(19-10)14-20-11(16-2)12(17-3)21-14/h4-8H,1-3H3/q+1. The fourth-order valence-electron chi connectivity index (χ4n) is 1.74. The molecule has 3 rings (SSSR count). The molecule has 1 nitrogen and oxygen atoms in total. The van der Waals surface area contributed by atoms with Gasteiger partial charge >= 0.3 is 0 Å². The SMILES string of the molecule is CSC1=C(SC)SC(=C2SC=C(c3cc[n+](C)cc3)S2)S1. The first-order valence-electron chi connectivity index (χ1n) is 6.14. The minimum atomic E-state index is 1.30. The van der Waals surface area contributed by atoms with Gasteiger partial charge in [-0.1, -0.05) is 47.0 Å². The van der Waals surface area contributed by atoms with E-state index in [0.29, 0.717) is 0 Å². The van der Waals surface area contributed by atoms with Crippen LogP contribution < -0.4 is 4.57 Å². The van der Waals surface area contributed by atoms with Crippen LogP contribution in [0.3, 0.4) is 0 Å². The van der Waals surface area contributed by atoms with Crippen LogP contribution >= 0.6 is 70.6 Å². The fourth-order valence-corrected chi connectivity index (χ4v) is 9.36. The second kappa shape index (κ2) is 7.36. The van der Waals surface area contributed by atoms with Gasteiger partial charge in [-0.2, -0.15) is 0 Å². The van der Waals surface area contributed by atoms with Crippen molar-refractivity contribution in [3.63, 3.8) is 0 Å². The molecular weight excluding hydrogens is 375 g/mol. The van der Waals surface area contributed by atoms with Crippen LogP contribution in [0.1, 0.15) is 5.56 Å². The maximum Gasteiger partial charge on any atom is 0.169 e. The first-order chi connectivity index (χ1) is 10.2. The molecule has 0 N–H and O–H groups in total. The van der Waals surface area contributed by atoms with Gasteiger partial charge in [0, 0.05) is 22.6 Å². The highest BCUT2D eigenvalue weighted by Crippen LogP contribution is 2.62. The number of hydrogen-bond acceptors (Lipinski definition) is 6. The maximum absolute atomic E-state index is 2.28.